The normalized spacial score (nSPS) is 17.8. The molecule has 0 aliphatic heterocycles. The Bertz CT molecular complexity index is 525. The minimum Gasteiger partial charge on any atom is -0.331 e. The predicted octanol–water partition coefficient (Wildman–Crippen LogP) is 2.93. The number of alkyl halides is 3. The van der Waals surface area contributed by atoms with Crippen molar-refractivity contribution in [2.75, 3.05) is 7.05 Å². The standard InChI is InChI=1S/C14H22F3N5O/c1-9(10-6-4-3-5-7-10)22(2)13(23)18-8-11-19-12(21-20-11)14(15,16)17/h9-10H,3-8H2,1-2H3,(H,18,23)(H,19,20,21)/t9-/m0/s1. The van der Waals surface area contributed by atoms with Gasteiger partial charge in [-0.3, -0.25) is 5.10 Å². The maximum Gasteiger partial charge on any atom is 0.453 e. The molecule has 2 N–H and O–H groups in total. The van der Waals surface area contributed by atoms with E-state index in [0.29, 0.717) is 5.92 Å². The monoisotopic (exact) mass is 333 g/mol. The smallest absolute Gasteiger partial charge is 0.331 e. The van der Waals surface area contributed by atoms with Gasteiger partial charge in [0.1, 0.15) is 5.82 Å². The first kappa shape index (κ1) is 17.6. The van der Waals surface area contributed by atoms with Gasteiger partial charge in [-0.15, -0.1) is 5.10 Å². The van der Waals surface area contributed by atoms with Crippen LogP contribution in [0.25, 0.3) is 0 Å². The highest BCUT2D eigenvalue weighted by molar-refractivity contribution is 5.74. The maximum absolute atomic E-state index is 12.4. The molecule has 0 unspecified atom stereocenters. The van der Waals surface area contributed by atoms with Crippen LogP contribution in [0.4, 0.5) is 18.0 Å². The van der Waals surface area contributed by atoms with Crippen LogP contribution in [0.3, 0.4) is 0 Å². The Morgan fingerprint density at radius 2 is 2.04 bits per heavy atom. The summed E-state index contributed by atoms with van der Waals surface area (Å²) in [6.07, 6.45) is 1.23. The second kappa shape index (κ2) is 7.18. The number of aromatic nitrogens is 3. The van der Waals surface area contributed by atoms with E-state index in [1.165, 1.54) is 19.3 Å². The van der Waals surface area contributed by atoms with E-state index in [1.54, 1.807) is 11.9 Å². The van der Waals surface area contributed by atoms with E-state index >= 15 is 0 Å². The van der Waals surface area contributed by atoms with Crippen LogP contribution in [0.5, 0.6) is 0 Å². The first-order valence-corrected chi connectivity index (χ1v) is 7.78. The van der Waals surface area contributed by atoms with Crippen LogP contribution in [0, 0.1) is 5.92 Å². The third-order valence-corrected chi connectivity index (χ3v) is 4.46. The maximum atomic E-state index is 12.4. The summed E-state index contributed by atoms with van der Waals surface area (Å²) in [5.41, 5.74) is 0. The van der Waals surface area contributed by atoms with Crippen LogP contribution in [0.1, 0.15) is 50.7 Å². The minimum absolute atomic E-state index is 0.0237. The van der Waals surface area contributed by atoms with E-state index < -0.39 is 12.0 Å². The molecular formula is C14H22F3N5O. The molecule has 9 heteroatoms. The fourth-order valence-electron chi connectivity index (χ4n) is 2.90. The van der Waals surface area contributed by atoms with E-state index in [1.807, 2.05) is 6.92 Å². The summed E-state index contributed by atoms with van der Waals surface area (Å²) >= 11 is 0. The summed E-state index contributed by atoms with van der Waals surface area (Å²) in [6.45, 7) is 1.88. The van der Waals surface area contributed by atoms with Gasteiger partial charge >= 0.3 is 12.2 Å². The van der Waals surface area contributed by atoms with Gasteiger partial charge in [-0.1, -0.05) is 19.3 Å². The number of hydrogen-bond acceptors (Lipinski definition) is 3. The molecule has 0 spiro atoms. The van der Waals surface area contributed by atoms with E-state index in [4.69, 9.17) is 0 Å². The lowest BCUT2D eigenvalue weighted by Crippen LogP contribution is -2.45. The second-order valence-electron chi connectivity index (χ2n) is 6.01. The van der Waals surface area contributed by atoms with E-state index in [-0.39, 0.29) is 24.4 Å². The molecule has 0 aromatic carbocycles. The van der Waals surface area contributed by atoms with Gasteiger partial charge in [-0.05, 0) is 25.7 Å². The van der Waals surface area contributed by atoms with E-state index in [9.17, 15) is 18.0 Å². The molecular weight excluding hydrogens is 311 g/mol. The predicted molar refractivity (Wildman–Crippen MR) is 77.4 cm³/mol. The lowest BCUT2D eigenvalue weighted by Gasteiger charge is -2.34. The zero-order valence-electron chi connectivity index (χ0n) is 13.3. The fourth-order valence-corrected chi connectivity index (χ4v) is 2.90. The van der Waals surface area contributed by atoms with Crippen LogP contribution in [0.2, 0.25) is 0 Å². The van der Waals surface area contributed by atoms with Crippen LogP contribution < -0.4 is 5.32 Å². The zero-order chi connectivity index (χ0) is 17.0. The quantitative estimate of drug-likeness (QED) is 0.890. The Hall–Kier alpha value is -1.80. The molecule has 1 heterocycles. The summed E-state index contributed by atoms with van der Waals surface area (Å²) in [5.74, 6) is -0.781. The molecule has 1 aromatic rings. The highest BCUT2D eigenvalue weighted by atomic mass is 19.4. The highest BCUT2D eigenvalue weighted by Crippen LogP contribution is 2.28. The highest BCUT2D eigenvalue weighted by Gasteiger charge is 2.36. The lowest BCUT2D eigenvalue weighted by atomic mass is 9.84. The third kappa shape index (κ3) is 4.59. The van der Waals surface area contributed by atoms with Crippen LogP contribution in [-0.2, 0) is 12.7 Å². The number of nitrogens with zero attached hydrogens (tertiary/aromatic N) is 3. The number of aromatic amines is 1. The fraction of sp³-hybridized carbons (Fsp3) is 0.786. The third-order valence-electron chi connectivity index (χ3n) is 4.46. The Morgan fingerprint density at radius 3 is 2.61 bits per heavy atom. The molecule has 0 saturated heterocycles. The van der Waals surface area contributed by atoms with Crippen molar-refractivity contribution in [2.24, 2.45) is 5.92 Å². The van der Waals surface area contributed by atoms with Crippen molar-refractivity contribution in [3.63, 3.8) is 0 Å². The number of carbonyl (C=O) groups excluding carboxylic acids is 1. The molecule has 23 heavy (non-hydrogen) atoms. The summed E-state index contributed by atoms with van der Waals surface area (Å²) < 4.78 is 37.2. The molecule has 1 aliphatic rings. The Balaban J connectivity index is 1.84. The molecule has 130 valence electrons. The van der Waals surface area contributed by atoms with E-state index in [2.05, 4.69) is 20.5 Å². The van der Waals surface area contributed by atoms with E-state index in [0.717, 1.165) is 12.8 Å². The molecule has 0 radical (unpaired) electrons. The molecule has 1 aromatic heterocycles. The van der Waals surface area contributed by atoms with Gasteiger partial charge in [-0.25, -0.2) is 9.78 Å². The van der Waals surface area contributed by atoms with Gasteiger partial charge in [0.05, 0.1) is 6.54 Å². The number of rotatable bonds is 4. The summed E-state index contributed by atoms with van der Waals surface area (Å²) in [6, 6.07) is -0.233. The summed E-state index contributed by atoms with van der Waals surface area (Å²) in [4.78, 5) is 17.1. The van der Waals surface area contributed by atoms with Crippen molar-refractivity contribution in [1.82, 2.24) is 25.4 Å². The van der Waals surface area contributed by atoms with Crippen molar-refractivity contribution in [3.8, 4) is 0 Å². The van der Waals surface area contributed by atoms with Crippen molar-refractivity contribution < 1.29 is 18.0 Å². The second-order valence-corrected chi connectivity index (χ2v) is 6.01. The zero-order valence-corrected chi connectivity index (χ0v) is 13.3. The van der Waals surface area contributed by atoms with Crippen LogP contribution >= 0.6 is 0 Å². The van der Waals surface area contributed by atoms with Crippen LogP contribution in [-0.4, -0.2) is 39.2 Å². The van der Waals surface area contributed by atoms with Crippen molar-refractivity contribution >= 4 is 6.03 Å². The molecule has 2 amide bonds. The van der Waals surface area contributed by atoms with Gasteiger partial charge in [0.25, 0.3) is 5.82 Å². The molecule has 6 nitrogen and oxygen atoms in total. The minimum atomic E-state index is -4.59. The molecule has 1 fully saturated rings. The lowest BCUT2D eigenvalue weighted by molar-refractivity contribution is -0.144. The Labute approximate surface area is 132 Å². The number of amides is 2. The molecule has 1 saturated carbocycles. The number of hydrogen-bond donors (Lipinski definition) is 2. The van der Waals surface area contributed by atoms with Gasteiger partial charge in [-0.2, -0.15) is 13.2 Å². The summed E-state index contributed by atoms with van der Waals surface area (Å²) in [7, 11) is 1.70. The average Bonchev–Trinajstić information content (AvgIpc) is 3.01. The first-order chi connectivity index (χ1) is 10.8. The van der Waals surface area contributed by atoms with Gasteiger partial charge in [0.15, 0.2) is 0 Å². The topological polar surface area (TPSA) is 73.9 Å². The molecule has 1 aliphatic carbocycles. The average molecular weight is 333 g/mol. The van der Waals surface area contributed by atoms with Gasteiger partial charge in [0, 0.05) is 13.1 Å². The number of nitrogens with one attached hydrogen (secondary N) is 2. The van der Waals surface area contributed by atoms with Crippen molar-refractivity contribution in [1.29, 1.82) is 0 Å². The van der Waals surface area contributed by atoms with Crippen LogP contribution in [0.15, 0.2) is 0 Å². The number of H-pyrrole nitrogens is 1. The molecule has 1 atom stereocenters. The number of carbonyl (C=O) groups is 1. The SMILES string of the molecule is C[C@@H](C1CCCCC1)N(C)C(=O)NCc1nc(C(F)(F)F)n[nH]1. The van der Waals surface area contributed by atoms with Gasteiger partial charge < -0.3 is 10.2 Å². The largest absolute Gasteiger partial charge is 0.453 e. The van der Waals surface area contributed by atoms with Gasteiger partial charge in [0.2, 0.25) is 0 Å². The number of halogens is 3. The summed E-state index contributed by atoms with van der Waals surface area (Å²) in [5, 5.41) is 7.85. The van der Waals surface area contributed by atoms with Crippen molar-refractivity contribution in [2.45, 2.75) is 57.8 Å². The van der Waals surface area contributed by atoms with Crippen molar-refractivity contribution in [3.05, 3.63) is 11.6 Å². The molecule has 2 rings (SSSR count). The molecule has 0 bridgehead atoms. The number of urea groups is 1. The first-order valence-electron chi connectivity index (χ1n) is 7.78. The Kier molecular flexibility index (Phi) is 5.48. The Morgan fingerprint density at radius 1 is 1.39 bits per heavy atom.